The van der Waals surface area contributed by atoms with Gasteiger partial charge in [-0.25, -0.2) is 9.78 Å². The lowest BCUT2D eigenvalue weighted by molar-refractivity contribution is -0.122. The van der Waals surface area contributed by atoms with Gasteiger partial charge in [0, 0.05) is 58.2 Å². The number of urea groups is 1. The van der Waals surface area contributed by atoms with Crippen molar-refractivity contribution in [3.8, 4) is 0 Å². The molecule has 2 aromatic heterocycles. The molecule has 0 saturated carbocycles. The molecular formula is C28H40N8O3. The molecule has 0 unspecified atom stereocenters. The highest BCUT2D eigenvalue weighted by Gasteiger charge is 2.24. The van der Waals surface area contributed by atoms with Crippen LogP contribution in [0.2, 0.25) is 0 Å². The summed E-state index contributed by atoms with van der Waals surface area (Å²) in [7, 11) is 0. The molecule has 0 aromatic carbocycles. The molecule has 4 heterocycles. The van der Waals surface area contributed by atoms with Gasteiger partial charge in [-0.1, -0.05) is 6.58 Å². The van der Waals surface area contributed by atoms with E-state index in [1.165, 1.54) is 0 Å². The lowest BCUT2D eigenvalue weighted by Gasteiger charge is -2.32. The summed E-state index contributed by atoms with van der Waals surface area (Å²) in [4.78, 5) is 41.3. The molecule has 39 heavy (non-hydrogen) atoms. The molecule has 2 aliphatic rings. The van der Waals surface area contributed by atoms with Crippen LogP contribution in [-0.2, 0) is 16.0 Å². The summed E-state index contributed by atoms with van der Waals surface area (Å²) in [6.45, 7) is 15.3. The van der Waals surface area contributed by atoms with E-state index in [1.807, 2.05) is 26.0 Å². The van der Waals surface area contributed by atoms with E-state index in [2.05, 4.69) is 42.3 Å². The molecule has 2 saturated heterocycles. The summed E-state index contributed by atoms with van der Waals surface area (Å²) in [6, 6.07) is 3.50. The molecule has 0 spiro atoms. The number of carbonyl (C=O) groups is 2. The second-order valence-electron chi connectivity index (χ2n) is 9.93. The zero-order valence-corrected chi connectivity index (χ0v) is 23.0. The Kier molecular flexibility index (Phi) is 10.4. The van der Waals surface area contributed by atoms with Gasteiger partial charge in [0.05, 0.1) is 37.8 Å². The predicted octanol–water partition coefficient (Wildman–Crippen LogP) is 1.63. The fourth-order valence-corrected chi connectivity index (χ4v) is 4.76. The molecule has 11 nitrogen and oxygen atoms in total. The van der Waals surface area contributed by atoms with Gasteiger partial charge in [0.1, 0.15) is 5.82 Å². The molecule has 0 radical (unpaired) electrons. The third-order valence-electron chi connectivity index (χ3n) is 7.00. The molecule has 210 valence electrons. The van der Waals surface area contributed by atoms with Crippen LogP contribution >= 0.6 is 0 Å². The zero-order chi connectivity index (χ0) is 27.6. The number of ether oxygens (including phenoxy) is 1. The van der Waals surface area contributed by atoms with Crippen molar-refractivity contribution < 1.29 is 14.3 Å². The molecule has 2 aliphatic heterocycles. The number of pyridine rings is 2. The number of anilines is 2. The Morgan fingerprint density at radius 3 is 2.64 bits per heavy atom. The number of nitrogens with one attached hydrogen (secondary N) is 3. The Labute approximate surface area is 230 Å². The van der Waals surface area contributed by atoms with Crippen LogP contribution in [-0.4, -0.2) is 104 Å². The van der Waals surface area contributed by atoms with E-state index in [-0.39, 0.29) is 11.9 Å². The van der Waals surface area contributed by atoms with E-state index in [9.17, 15) is 9.59 Å². The first-order chi connectivity index (χ1) is 18.9. The molecule has 3 N–H and O–H groups in total. The summed E-state index contributed by atoms with van der Waals surface area (Å²) in [5, 5.41) is 9.44. The van der Waals surface area contributed by atoms with Crippen LogP contribution in [0.25, 0.3) is 6.08 Å². The number of amides is 3. The fraction of sp³-hybridized carbons (Fsp3) is 0.500. The van der Waals surface area contributed by atoms with Gasteiger partial charge >= 0.3 is 6.03 Å². The first kappa shape index (κ1) is 28.6. The van der Waals surface area contributed by atoms with Crippen LogP contribution < -0.4 is 20.9 Å². The van der Waals surface area contributed by atoms with E-state index in [0.717, 1.165) is 56.0 Å². The van der Waals surface area contributed by atoms with Gasteiger partial charge in [-0.15, -0.1) is 0 Å². The highest BCUT2D eigenvalue weighted by Crippen LogP contribution is 2.26. The lowest BCUT2D eigenvalue weighted by atomic mass is 10.0. The van der Waals surface area contributed by atoms with Gasteiger partial charge in [-0.05, 0) is 55.2 Å². The molecule has 3 amide bonds. The van der Waals surface area contributed by atoms with Gasteiger partial charge < -0.3 is 20.7 Å². The third-order valence-corrected chi connectivity index (χ3v) is 7.00. The first-order valence-corrected chi connectivity index (χ1v) is 13.6. The third kappa shape index (κ3) is 8.06. The van der Waals surface area contributed by atoms with Crippen LogP contribution in [0.4, 0.5) is 16.3 Å². The van der Waals surface area contributed by atoms with Gasteiger partial charge in [0.2, 0.25) is 5.91 Å². The number of hydrogen-bond acceptors (Lipinski definition) is 8. The molecule has 11 heteroatoms. The largest absolute Gasteiger partial charge is 0.379 e. The second kappa shape index (κ2) is 14.1. The number of aromatic nitrogens is 2. The summed E-state index contributed by atoms with van der Waals surface area (Å²) >= 11 is 0. The highest BCUT2D eigenvalue weighted by molar-refractivity contribution is 6.02. The molecular weight excluding hydrogens is 496 g/mol. The van der Waals surface area contributed by atoms with E-state index in [4.69, 9.17) is 4.74 Å². The smallest absolute Gasteiger partial charge is 0.328 e. The number of rotatable bonds is 10. The van der Waals surface area contributed by atoms with E-state index < -0.39 is 0 Å². The van der Waals surface area contributed by atoms with Crippen LogP contribution in [0.15, 0.2) is 31.1 Å². The number of hydrogen-bond donors (Lipinski definition) is 3. The van der Waals surface area contributed by atoms with Crippen LogP contribution in [0.5, 0.6) is 0 Å². The predicted molar refractivity (Wildman–Crippen MR) is 153 cm³/mol. The van der Waals surface area contributed by atoms with E-state index in [1.54, 1.807) is 23.4 Å². The number of piperazine rings is 1. The van der Waals surface area contributed by atoms with Crippen molar-refractivity contribution in [1.29, 1.82) is 0 Å². The maximum atomic E-state index is 13.8. The Morgan fingerprint density at radius 1 is 1.15 bits per heavy atom. The molecule has 2 fully saturated rings. The van der Waals surface area contributed by atoms with Crippen molar-refractivity contribution >= 4 is 29.5 Å². The highest BCUT2D eigenvalue weighted by atomic mass is 16.5. The van der Waals surface area contributed by atoms with Gasteiger partial charge in [-0.2, -0.15) is 0 Å². The Balaban J connectivity index is 1.49. The minimum atomic E-state index is -0.306. The Bertz CT molecular complexity index is 1150. The van der Waals surface area contributed by atoms with Crippen molar-refractivity contribution in [2.75, 3.05) is 82.5 Å². The number of aryl methyl sites for hydroxylation is 2. The number of nitrogens with zero attached hydrogens (tertiary/aromatic N) is 5. The molecule has 0 atom stereocenters. The minimum Gasteiger partial charge on any atom is -0.379 e. The van der Waals surface area contributed by atoms with Gasteiger partial charge in [-0.3, -0.25) is 24.5 Å². The standard InChI is InChI=1S/C28H40N8O3/c1-4-24-27(23(22(3)18-32-24)6-8-31-26(37)19-34-11-9-29-10-12-34)33-28(38)36(20-35-13-15-39-16-14-35)25-17-21(2)5-7-30-25/h4-5,7,17-18,29H,1,6,8-16,19-20H2,2-3H3,(H,31,37)(H,33,38). The lowest BCUT2D eigenvalue weighted by Crippen LogP contribution is -2.48. The zero-order valence-electron chi connectivity index (χ0n) is 23.0. The maximum Gasteiger partial charge on any atom is 0.328 e. The second-order valence-corrected chi connectivity index (χ2v) is 9.93. The molecule has 4 rings (SSSR count). The summed E-state index contributed by atoms with van der Waals surface area (Å²) in [5.74, 6) is 0.571. The van der Waals surface area contributed by atoms with Crippen LogP contribution in [0.3, 0.4) is 0 Å². The summed E-state index contributed by atoms with van der Waals surface area (Å²) in [6.07, 6.45) is 5.67. The number of carbonyl (C=O) groups excluding carboxylic acids is 2. The van der Waals surface area contributed by atoms with Gasteiger partial charge in [0.25, 0.3) is 0 Å². The first-order valence-electron chi connectivity index (χ1n) is 13.6. The number of morpholine rings is 1. The van der Waals surface area contributed by atoms with Crippen molar-refractivity contribution in [1.82, 2.24) is 30.4 Å². The fourth-order valence-electron chi connectivity index (χ4n) is 4.76. The van der Waals surface area contributed by atoms with E-state index in [0.29, 0.717) is 56.6 Å². The van der Waals surface area contributed by atoms with E-state index >= 15 is 0 Å². The van der Waals surface area contributed by atoms with Crippen LogP contribution in [0.1, 0.15) is 22.4 Å². The molecule has 0 aliphatic carbocycles. The topological polar surface area (TPSA) is 115 Å². The average Bonchev–Trinajstić information content (AvgIpc) is 2.94. The van der Waals surface area contributed by atoms with Crippen molar-refractivity contribution in [2.24, 2.45) is 0 Å². The van der Waals surface area contributed by atoms with Gasteiger partial charge in [0.15, 0.2) is 0 Å². The normalized spacial score (nSPS) is 16.5. The SMILES string of the molecule is C=Cc1ncc(C)c(CCNC(=O)CN2CCNCC2)c1NC(=O)N(CN1CCOCC1)c1cc(C)ccn1. The molecule has 0 bridgehead atoms. The van der Waals surface area contributed by atoms with Crippen molar-refractivity contribution in [3.63, 3.8) is 0 Å². The average molecular weight is 537 g/mol. The molecule has 2 aromatic rings. The quantitative estimate of drug-likeness (QED) is 0.420. The summed E-state index contributed by atoms with van der Waals surface area (Å²) in [5.41, 5.74) is 4.05. The van der Waals surface area contributed by atoms with Crippen molar-refractivity contribution in [2.45, 2.75) is 20.3 Å². The minimum absolute atomic E-state index is 0.000321. The monoisotopic (exact) mass is 536 g/mol. The van der Waals surface area contributed by atoms with Crippen molar-refractivity contribution in [3.05, 3.63) is 53.5 Å². The summed E-state index contributed by atoms with van der Waals surface area (Å²) < 4.78 is 5.49. The van der Waals surface area contributed by atoms with Crippen LogP contribution in [0, 0.1) is 13.8 Å². The Morgan fingerprint density at radius 2 is 1.92 bits per heavy atom. The Hall–Kier alpha value is -3.38. The maximum absolute atomic E-state index is 13.8.